The van der Waals surface area contributed by atoms with E-state index < -0.39 is 17.0 Å². The van der Waals surface area contributed by atoms with Gasteiger partial charge in [-0.2, -0.15) is 13.2 Å². The third kappa shape index (κ3) is 4.51. The van der Waals surface area contributed by atoms with Gasteiger partial charge in [0, 0.05) is 12.2 Å². The van der Waals surface area contributed by atoms with Crippen LogP contribution < -0.4 is 5.32 Å². The lowest BCUT2D eigenvalue weighted by molar-refractivity contribution is -0.137. The number of hydrogen-bond acceptors (Lipinski definition) is 4. The Balaban J connectivity index is 1.77. The first kappa shape index (κ1) is 20.3. The van der Waals surface area contributed by atoms with Crippen LogP contribution in [0.4, 0.5) is 13.2 Å². The summed E-state index contributed by atoms with van der Waals surface area (Å²) in [5.74, 6) is 0.260. The van der Waals surface area contributed by atoms with Crippen molar-refractivity contribution < 1.29 is 18.0 Å². The van der Waals surface area contributed by atoms with Gasteiger partial charge < -0.3 is 5.32 Å². The van der Waals surface area contributed by atoms with Crippen molar-refractivity contribution >= 4 is 34.9 Å². The molecule has 0 spiro atoms. The van der Waals surface area contributed by atoms with Gasteiger partial charge in [0.1, 0.15) is 0 Å². The summed E-state index contributed by atoms with van der Waals surface area (Å²) in [7, 11) is 0. The van der Waals surface area contributed by atoms with Gasteiger partial charge in [-0.15, -0.1) is 10.2 Å². The van der Waals surface area contributed by atoms with Crippen molar-refractivity contribution in [3.8, 4) is 0 Å². The zero-order chi connectivity index (χ0) is 19.8. The number of alkyl halides is 3. The molecular weight excluding hydrogens is 401 g/mol. The van der Waals surface area contributed by atoms with Crippen molar-refractivity contribution in [2.75, 3.05) is 0 Å². The molecule has 0 aromatic carbocycles. The number of fused-ring (bicyclic) bond motifs is 1. The largest absolute Gasteiger partial charge is 0.417 e. The lowest BCUT2D eigenvalue weighted by Gasteiger charge is -2.30. The van der Waals surface area contributed by atoms with E-state index in [0.29, 0.717) is 5.92 Å². The Bertz CT molecular complexity index is 841. The number of nitrogens with zero attached hydrogens (tertiary/aromatic N) is 3. The van der Waals surface area contributed by atoms with E-state index in [4.69, 9.17) is 11.6 Å². The number of thioether (sulfide) groups is 1. The number of nitrogens with one attached hydrogen (secondary N) is 1. The van der Waals surface area contributed by atoms with Gasteiger partial charge in [-0.3, -0.25) is 9.20 Å². The van der Waals surface area contributed by atoms with Crippen LogP contribution in [0.2, 0.25) is 5.02 Å². The van der Waals surface area contributed by atoms with Crippen molar-refractivity contribution in [3.05, 3.63) is 22.8 Å². The number of amides is 1. The predicted octanol–water partition coefficient (Wildman–Crippen LogP) is 4.58. The van der Waals surface area contributed by atoms with E-state index in [1.54, 1.807) is 6.92 Å². The molecular formula is C17H20ClF3N4OS. The fourth-order valence-electron chi connectivity index (χ4n) is 3.21. The first-order valence-electron chi connectivity index (χ1n) is 8.75. The van der Waals surface area contributed by atoms with E-state index in [0.717, 1.165) is 43.3 Å². The van der Waals surface area contributed by atoms with Crippen LogP contribution in [0.5, 0.6) is 0 Å². The third-order valence-corrected chi connectivity index (χ3v) is 6.18. The van der Waals surface area contributed by atoms with Crippen molar-refractivity contribution in [1.82, 2.24) is 19.9 Å². The molecule has 0 saturated heterocycles. The number of rotatable bonds is 4. The summed E-state index contributed by atoms with van der Waals surface area (Å²) in [5.41, 5.74) is -0.768. The molecule has 10 heteroatoms. The van der Waals surface area contributed by atoms with Crippen molar-refractivity contribution in [1.29, 1.82) is 0 Å². The quantitative estimate of drug-likeness (QED) is 0.736. The first-order chi connectivity index (χ1) is 12.7. The molecule has 1 amide bonds. The Morgan fingerprint density at radius 1 is 1.37 bits per heavy atom. The Morgan fingerprint density at radius 2 is 2.07 bits per heavy atom. The summed E-state index contributed by atoms with van der Waals surface area (Å²) in [6, 6.07) is 0.955. The van der Waals surface area contributed by atoms with Gasteiger partial charge in [0.05, 0.1) is 15.8 Å². The van der Waals surface area contributed by atoms with Gasteiger partial charge in [0.25, 0.3) is 0 Å². The maximum Gasteiger partial charge on any atom is 0.417 e. The molecule has 27 heavy (non-hydrogen) atoms. The Morgan fingerprint density at radius 3 is 2.74 bits per heavy atom. The zero-order valence-electron chi connectivity index (χ0n) is 14.9. The lowest BCUT2D eigenvalue weighted by atomic mass is 9.86. The molecule has 1 aliphatic rings. The minimum absolute atomic E-state index is 0.126. The standard InChI is InChI=1S/C17H20ClF3N4OS/c1-9-5-3-4-6-13(9)22-15(26)10(2)27-16-24-23-14-12(18)7-11(8-25(14)16)17(19,20)21/h7-10,13H,3-6H2,1-2H3,(H,22,26)/t9-,10-,13+/m0/s1. The van der Waals surface area contributed by atoms with Crippen LogP contribution >= 0.6 is 23.4 Å². The second-order valence-corrected chi connectivity index (χ2v) is 8.60. The van der Waals surface area contributed by atoms with Crippen LogP contribution in [0.15, 0.2) is 17.4 Å². The highest BCUT2D eigenvalue weighted by molar-refractivity contribution is 8.00. The maximum atomic E-state index is 13.0. The van der Waals surface area contributed by atoms with E-state index in [1.807, 2.05) is 0 Å². The summed E-state index contributed by atoms with van der Waals surface area (Å²) in [6.07, 6.45) is 0.653. The fraction of sp³-hybridized carbons (Fsp3) is 0.588. The highest BCUT2D eigenvalue weighted by atomic mass is 35.5. The van der Waals surface area contributed by atoms with Gasteiger partial charge in [0.2, 0.25) is 5.91 Å². The topological polar surface area (TPSA) is 59.3 Å². The summed E-state index contributed by atoms with van der Waals surface area (Å²) < 4.78 is 40.3. The number of carbonyl (C=O) groups excluding carboxylic acids is 1. The van der Waals surface area contributed by atoms with Gasteiger partial charge in [0.15, 0.2) is 10.8 Å². The molecule has 3 rings (SSSR count). The fourth-order valence-corrected chi connectivity index (χ4v) is 4.29. The summed E-state index contributed by atoms with van der Waals surface area (Å²) >= 11 is 6.97. The van der Waals surface area contributed by atoms with Crippen LogP contribution in [0, 0.1) is 5.92 Å². The number of pyridine rings is 1. The molecule has 0 radical (unpaired) electrons. The molecule has 2 heterocycles. The highest BCUT2D eigenvalue weighted by Crippen LogP contribution is 2.34. The molecule has 0 bridgehead atoms. The molecule has 1 aliphatic carbocycles. The van der Waals surface area contributed by atoms with Crippen molar-refractivity contribution in [2.24, 2.45) is 5.92 Å². The number of hydrogen-bond donors (Lipinski definition) is 1. The molecule has 1 saturated carbocycles. The maximum absolute atomic E-state index is 13.0. The average molecular weight is 421 g/mol. The molecule has 0 unspecified atom stereocenters. The summed E-state index contributed by atoms with van der Waals surface area (Å²) in [6.45, 7) is 3.82. The van der Waals surface area contributed by atoms with Crippen LogP contribution in [0.1, 0.15) is 45.1 Å². The Kier molecular flexibility index (Phi) is 5.90. The normalized spacial score (nSPS) is 22.0. The predicted molar refractivity (Wildman–Crippen MR) is 97.9 cm³/mol. The summed E-state index contributed by atoms with van der Waals surface area (Å²) in [5, 5.41) is 10.3. The van der Waals surface area contributed by atoms with Gasteiger partial charge in [-0.1, -0.05) is 43.1 Å². The van der Waals surface area contributed by atoms with Crippen LogP contribution in [0.3, 0.4) is 0 Å². The molecule has 3 atom stereocenters. The number of carbonyl (C=O) groups is 1. The van der Waals surface area contributed by atoms with Gasteiger partial charge in [-0.25, -0.2) is 0 Å². The van der Waals surface area contributed by atoms with E-state index in [9.17, 15) is 18.0 Å². The third-order valence-electron chi connectivity index (χ3n) is 4.85. The lowest BCUT2D eigenvalue weighted by Crippen LogP contribution is -2.44. The molecule has 1 N–H and O–H groups in total. The minimum atomic E-state index is -4.54. The molecule has 1 fully saturated rings. The van der Waals surface area contributed by atoms with Crippen LogP contribution in [0.25, 0.3) is 5.65 Å². The van der Waals surface area contributed by atoms with E-state index >= 15 is 0 Å². The SMILES string of the molecule is C[C@H](Sc1nnc2c(Cl)cc(C(F)(F)F)cn12)C(=O)N[C@@H]1CCCC[C@@H]1C. The smallest absolute Gasteiger partial charge is 0.352 e. The highest BCUT2D eigenvalue weighted by Gasteiger charge is 2.33. The Labute approximate surface area is 164 Å². The van der Waals surface area contributed by atoms with E-state index in [1.165, 1.54) is 10.8 Å². The van der Waals surface area contributed by atoms with Gasteiger partial charge in [-0.05, 0) is 31.7 Å². The zero-order valence-corrected chi connectivity index (χ0v) is 16.5. The minimum Gasteiger partial charge on any atom is -0.352 e. The second kappa shape index (κ2) is 7.87. The molecule has 5 nitrogen and oxygen atoms in total. The van der Waals surface area contributed by atoms with Gasteiger partial charge >= 0.3 is 6.18 Å². The monoisotopic (exact) mass is 420 g/mol. The van der Waals surface area contributed by atoms with Crippen molar-refractivity contribution in [2.45, 2.75) is 62.2 Å². The molecule has 148 valence electrons. The Hall–Kier alpha value is -1.48. The average Bonchev–Trinajstić information content (AvgIpc) is 2.99. The molecule has 0 aliphatic heterocycles. The van der Waals surface area contributed by atoms with E-state index in [2.05, 4.69) is 22.4 Å². The van der Waals surface area contributed by atoms with Crippen molar-refractivity contribution in [3.63, 3.8) is 0 Å². The second-order valence-electron chi connectivity index (χ2n) is 6.89. The number of aromatic nitrogens is 3. The summed E-state index contributed by atoms with van der Waals surface area (Å²) in [4.78, 5) is 12.5. The molecule has 2 aromatic rings. The molecule has 2 aromatic heterocycles. The first-order valence-corrected chi connectivity index (χ1v) is 10.0. The number of halogens is 4. The van der Waals surface area contributed by atoms with Crippen LogP contribution in [-0.2, 0) is 11.0 Å². The van der Waals surface area contributed by atoms with E-state index in [-0.39, 0.29) is 27.8 Å². The van der Waals surface area contributed by atoms with Crippen LogP contribution in [-0.4, -0.2) is 31.8 Å².